The van der Waals surface area contributed by atoms with Crippen molar-refractivity contribution in [3.63, 3.8) is 0 Å². The monoisotopic (exact) mass is 227 g/mol. The zero-order valence-corrected chi connectivity index (χ0v) is 9.52. The normalized spacial score (nSPS) is 12.2. The Morgan fingerprint density at radius 2 is 2.33 bits per heavy atom. The van der Waals surface area contributed by atoms with E-state index in [1.165, 1.54) is 12.1 Å². The number of halogens is 2. The SMILES string of the molecule is C=CCCC(C)Nc1ccc(F)cc1Cl. The van der Waals surface area contributed by atoms with Gasteiger partial charge in [-0.05, 0) is 38.0 Å². The molecule has 0 amide bonds. The maximum absolute atomic E-state index is 12.8. The molecule has 82 valence electrons. The van der Waals surface area contributed by atoms with Crippen LogP contribution in [0.3, 0.4) is 0 Å². The quantitative estimate of drug-likeness (QED) is 0.742. The molecule has 15 heavy (non-hydrogen) atoms. The highest BCUT2D eigenvalue weighted by Crippen LogP contribution is 2.23. The van der Waals surface area contributed by atoms with Crippen LogP contribution in [-0.2, 0) is 0 Å². The fourth-order valence-corrected chi connectivity index (χ4v) is 1.53. The Labute approximate surface area is 95.0 Å². The number of nitrogens with one attached hydrogen (secondary N) is 1. The largest absolute Gasteiger partial charge is 0.381 e. The molecule has 1 rings (SSSR count). The maximum Gasteiger partial charge on any atom is 0.124 e. The molecule has 0 bridgehead atoms. The first kappa shape index (κ1) is 12.1. The summed E-state index contributed by atoms with van der Waals surface area (Å²) in [4.78, 5) is 0. The molecule has 0 aliphatic heterocycles. The van der Waals surface area contributed by atoms with Crippen molar-refractivity contribution in [3.05, 3.63) is 41.7 Å². The van der Waals surface area contributed by atoms with Crippen LogP contribution in [0.25, 0.3) is 0 Å². The molecule has 0 aliphatic rings. The van der Waals surface area contributed by atoms with E-state index in [9.17, 15) is 4.39 Å². The molecular weight excluding hydrogens is 213 g/mol. The van der Waals surface area contributed by atoms with Gasteiger partial charge in [-0.2, -0.15) is 0 Å². The third kappa shape index (κ3) is 3.92. The van der Waals surface area contributed by atoms with Crippen molar-refractivity contribution in [2.45, 2.75) is 25.8 Å². The summed E-state index contributed by atoms with van der Waals surface area (Å²) >= 11 is 5.88. The van der Waals surface area contributed by atoms with Gasteiger partial charge in [-0.1, -0.05) is 17.7 Å². The Balaban J connectivity index is 2.59. The van der Waals surface area contributed by atoms with Crippen LogP contribution in [0.5, 0.6) is 0 Å². The van der Waals surface area contributed by atoms with E-state index in [2.05, 4.69) is 18.8 Å². The predicted molar refractivity (Wildman–Crippen MR) is 63.9 cm³/mol. The molecule has 1 aromatic rings. The number of hydrogen-bond donors (Lipinski definition) is 1. The minimum absolute atomic E-state index is 0.297. The van der Waals surface area contributed by atoms with Crippen LogP contribution >= 0.6 is 11.6 Å². The highest BCUT2D eigenvalue weighted by molar-refractivity contribution is 6.33. The van der Waals surface area contributed by atoms with Crippen molar-refractivity contribution < 1.29 is 4.39 Å². The molecule has 1 nitrogen and oxygen atoms in total. The smallest absolute Gasteiger partial charge is 0.124 e. The molecule has 0 radical (unpaired) electrons. The summed E-state index contributed by atoms with van der Waals surface area (Å²) in [5.74, 6) is -0.315. The van der Waals surface area contributed by atoms with Crippen LogP contribution in [0.15, 0.2) is 30.9 Å². The number of hydrogen-bond acceptors (Lipinski definition) is 1. The minimum Gasteiger partial charge on any atom is -0.381 e. The molecule has 1 unspecified atom stereocenters. The van der Waals surface area contributed by atoms with Gasteiger partial charge in [0.05, 0.1) is 10.7 Å². The second-order valence-electron chi connectivity index (χ2n) is 3.54. The summed E-state index contributed by atoms with van der Waals surface area (Å²) in [5, 5.41) is 3.64. The molecule has 0 aliphatic carbocycles. The lowest BCUT2D eigenvalue weighted by molar-refractivity contribution is 0.627. The molecule has 0 saturated heterocycles. The lowest BCUT2D eigenvalue weighted by Crippen LogP contribution is -2.14. The molecule has 0 heterocycles. The Bertz CT molecular complexity index is 338. The van der Waals surface area contributed by atoms with Gasteiger partial charge in [0.25, 0.3) is 0 Å². The third-order valence-corrected chi connectivity index (χ3v) is 2.45. The van der Waals surface area contributed by atoms with Crippen LogP contribution in [0.4, 0.5) is 10.1 Å². The number of allylic oxidation sites excluding steroid dienone is 1. The van der Waals surface area contributed by atoms with Gasteiger partial charge in [-0.15, -0.1) is 6.58 Å². The van der Waals surface area contributed by atoms with Crippen molar-refractivity contribution in [3.8, 4) is 0 Å². The standard InChI is InChI=1S/C12H15ClFN/c1-3-4-5-9(2)15-12-7-6-10(14)8-11(12)13/h3,6-9,15H,1,4-5H2,2H3. The summed E-state index contributed by atoms with van der Waals surface area (Å²) in [6, 6.07) is 4.66. The zero-order chi connectivity index (χ0) is 11.3. The highest BCUT2D eigenvalue weighted by Gasteiger charge is 2.05. The lowest BCUT2D eigenvalue weighted by atomic mass is 10.1. The topological polar surface area (TPSA) is 12.0 Å². The minimum atomic E-state index is -0.315. The third-order valence-electron chi connectivity index (χ3n) is 2.14. The summed E-state index contributed by atoms with van der Waals surface area (Å²) in [7, 11) is 0. The fourth-order valence-electron chi connectivity index (χ4n) is 1.31. The van der Waals surface area contributed by atoms with Crippen molar-refractivity contribution in [2.24, 2.45) is 0 Å². The molecular formula is C12H15ClFN. The first-order valence-corrected chi connectivity index (χ1v) is 5.33. The Morgan fingerprint density at radius 1 is 1.60 bits per heavy atom. The van der Waals surface area contributed by atoms with Crippen LogP contribution in [-0.4, -0.2) is 6.04 Å². The second-order valence-corrected chi connectivity index (χ2v) is 3.94. The van der Waals surface area contributed by atoms with Gasteiger partial charge in [0.15, 0.2) is 0 Å². The Morgan fingerprint density at radius 3 is 2.93 bits per heavy atom. The zero-order valence-electron chi connectivity index (χ0n) is 8.76. The average Bonchev–Trinajstić information content (AvgIpc) is 2.19. The van der Waals surface area contributed by atoms with E-state index in [4.69, 9.17) is 11.6 Å². The molecule has 0 aromatic heterocycles. The second kappa shape index (κ2) is 5.76. The van der Waals surface area contributed by atoms with E-state index < -0.39 is 0 Å². The van der Waals surface area contributed by atoms with E-state index in [-0.39, 0.29) is 5.82 Å². The van der Waals surface area contributed by atoms with Gasteiger partial charge in [0, 0.05) is 6.04 Å². The Hall–Kier alpha value is -1.02. The number of rotatable bonds is 5. The van der Waals surface area contributed by atoms with Crippen LogP contribution in [0.2, 0.25) is 5.02 Å². The van der Waals surface area contributed by atoms with Gasteiger partial charge >= 0.3 is 0 Å². The molecule has 3 heteroatoms. The van der Waals surface area contributed by atoms with Gasteiger partial charge in [0.1, 0.15) is 5.82 Å². The van der Waals surface area contributed by atoms with Gasteiger partial charge < -0.3 is 5.32 Å². The van der Waals surface area contributed by atoms with E-state index in [0.29, 0.717) is 11.1 Å². The first-order chi connectivity index (χ1) is 7.13. The maximum atomic E-state index is 12.8. The van der Waals surface area contributed by atoms with E-state index >= 15 is 0 Å². The van der Waals surface area contributed by atoms with Crippen LogP contribution in [0.1, 0.15) is 19.8 Å². The van der Waals surface area contributed by atoms with Crippen molar-refractivity contribution in [1.82, 2.24) is 0 Å². The van der Waals surface area contributed by atoms with Crippen LogP contribution in [0, 0.1) is 5.82 Å². The van der Waals surface area contributed by atoms with Gasteiger partial charge in [0.2, 0.25) is 0 Å². The number of anilines is 1. The summed E-state index contributed by atoms with van der Waals surface area (Å²) in [6.07, 6.45) is 3.81. The van der Waals surface area contributed by atoms with Crippen molar-refractivity contribution >= 4 is 17.3 Å². The van der Waals surface area contributed by atoms with Crippen molar-refractivity contribution in [2.75, 3.05) is 5.32 Å². The molecule has 1 atom stereocenters. The average molecular weight is 228 g/mol. The first-order valence-electron chi connectivity index (χ1n) is 4.96. The van der Waals surface area contributed by atoms with Gasteiger partial charge in [-0.25, -0.2) is 4.39 Å². The lowest BCUT2D eigenvalue weighted by Gasteiger charge is -2.15. The fraction of sp³-hybridized carbons (Fsp3) is 0.333. The summed E-state index contributed by atoms with van der Waals surface area (Å²) in [5.41, 5.74) is 0.773. The van der Waals surface area contributed by atoms with Crippen LogP contribution < -0.4 is 5.32 Å². The van der Waals surface area contributed by atoms with Crippen molar-refractivity contribution in [1.29, 1.82) is 0 Å². The molecule has 0 saturated carbocycles. The van der Waals surface area contributed by atoms with E-state index in [1.54, 1.807) is 6.07 Å². The van der Waals surface area contributed by atoms with E-state index in [0.717, 1.165) is 18.5 Å². The molecule has 0 spiro atoms. The molecule has 1 aromatic carbocycles. The molecule has 1 N–H and O–H groups in total. The highest BCUT2D eigenvalue weighted by atomic mass is 35.5. The Kier molecular flexibility index (Phi) is 4.63. The summed E-state index contributed by atoms with van der Waals surface area (Å²) in [6.45, 7) is 5.72. The summed E-state index contributed by atoms with van der Waals surface area (Å²) < 4.78 is 12.8. The van der Waals surface area contributed by atoms with E-state index in [1.807, 2.05) is 6.08 Å². The molecule has 0 fully saturated rings. The van der Waals surface area contributed by atoms with Gasteiger partial charge in [-0.3, -0.25) is 0 Å². The number of benzene rings is 1. The predicted octanol–water partition coefficient (Wildman–Crippen LogP) is 4.25.